The molecule has 0 heterocycles. The number of carbonyl (C=O) groups is 2. The van der Waals surface area contributed by atoms with E-state index in [1.165, 1.54) is 3.57 Å². The van der Waals surface area contributed by atoms with Crippen molar-refractivity contribution < 1.29 is 141 Å². The summed E-state index contributed by atoms with van der Waals surface area (Å²) >= 11 is -0.245. The molecule has 9 nitrogen and oxygen atoms in total. The van der Waals surface area contributed by atoms with Gasteiger partial charge in [0, 0.05) is 6.54 Å². The van der Waals surface area contributed by atoms with E-state index >= 15 is 0 Å². The summed E-state index contributed by atoms with van der Waals surface area (Å²) in [6.45, 7) is 1.17. The number of halogens is 2. The van der Waals surface area contributed by atoms with E-state index in [0.29, 0.717) is 29.1 Å². The Hall–Kier alpha value is 1.47. The zero-order valence-electron chi connectivity index (χ0n) is 18.7. The molecule has 0 bridgehead atoms. The number of rotatable bonds is 7. The molecule has 0 aromatic heterocycles. The van der Waals surface area contributed by atoms with Crippen LogP contribution in [-0.2, 0) is 22.8 Å². The maximum absolute atomic E-state index is 9.54. The number of carboxylic acid groups (broad SMARTS) is 1. The van der Waals surface area contributed by atoms with Crippen molar-refractivity contribution in [2.75, 3.05) is 6.54 Å². The third-order valence-electron chi connectivity index (χ3n) is 2.89. The maximum Gasteiger partial charge on any atom is 1.00 e. The summed E-state index contributed by atoms with van der Waals surface area (Å²) in [5.74, 6) is -0.902. The van der Waals surface area contributed by atoms with Gasteiger partial charge in [-0.15, -0.1) is 0 Å². The van der Waals surface area contributed by atoms with Gasteiger partial charge in [-0.2, -0.15) is 0 Å². The van der Waals surface area contributed by atoms with Gasteiger partial charge >= 0.3 is 228 Å². The molecule has 2 aromatic rings. The average molecular weight is 753 g/mol. The molecule has 17 heteroatoms. The van der Waals surface area contributed by atoms with Crippen LogP contribution in [0, 0.1) is 7.14 Å². The number of carbonyl (C=O) groups excluding carboxylic acids is 2. The van der Waals surface area contributed by atoms with Crippen LogP contribution in [0.25, 0.3) is 0 Å². The molecule has 0 saturated carbocycles. The predicted octanol–water partition coefficient (Wildman–Crippen LogP) is -13.0. The Morgan fingerprint density at radius 2 is 1.29 bits per heavy atom. The van der Waals surface area contributed by atoms with E-state index in [2.05, 4.69) is 5.73 Å². The molecule has 0 aliphatic heterocycles. The summed E-state index contributed by atoms with van der Waals surface area (Å²) in [6, 6.07) is 10.8. The second-order valence-corrected chi connectivity index (χ2v) is 15.1. The van der Waals surface area contributed by atoms with Gasteiger partial charge < -0.3 is 25.9 Å². The number of phenols is 2. The molecule has 0 amide bonds. The molecule has 4 radical (unpaired) electrons. The smallest absolute Gasteiger partial charge is 0.870 e. The second kappa shape index (κ2) is 30.7. The summed E-state index contributed by atoms with van der Waals surface area (Å²) in [5, 5.41) is 45.5. The zero-order chi connectivity index (χ0) is 24.2. The number of aliphatic carboxylic acids is 1. The zero-order valence-corrected chi connectivity index (χ0v) is 29.1. The van der Waals surface area contributed by atoms with Crippen LogP contribution in [0.4, 0.5) is 0 Å². The first-order valence-corrected chi connectivity index (χ1v) is 18.6. The minimum Gasteiger partial charge on any atom is -0.870 e. The van der Waals surface area contributed by atoms with Gasteiger partial charge in [0.1, 0.15) is 6.79 Å². The maximum atomic E-state index is 9.54. The van der Waals surface area contributed by atoms with Gasteiger partial charge in [0.25, 0.3) is 0 Å². The summed E-state index contributed by atoms with van der Waals surface area (Å²) in [5.41, 5.74) is 5.43. The van der Waals surface area contributed by atoms with Crippen molar-refractivity contribution in [3.8, 4) is 11.5 Å². The third-order valence-corrected chi connectivity index (χ3v) is 10.5. The minimum absolute atomic E-state index is 0. The first-order valence-electron chi connectivity index (χ1n) is 8.05. The minimum atomic E-state index is -1.22. The van der Waals surface area contributed by atoms with Gasteiger partial charge in [0.05, 0.1) is 5.97 Å². The number of aliphatic hydroxyl groups is 2. The number of nitrogens with two attached hydrogens (primary N) is 1. The first-order chi connectivity index (χ1) is 14.8. The van der Waals surface area contributed by atoms with E-state index < -0.39 is 5.97 Å². The molecule has 2 aromatic carbocycles. The third kappa shape index (κ3) is 22.7. The van der Waals surface area contributed by atoms with Crippen LogP contribution in [0.5, 0.6) is 11.5 Å². The molecule has 0 spiro atoms. The van der Waals surface area contributed by atoms with Gasteiger partial charge in [-0.05, 0) is 0 Å². The fourth-order valence-electron chi connectivity index (χ4n) is 1.64. The molecule has 0 fully saturated rings. The van der Waals surface area contributed by atoms with Crippen LogP contribution in [0.1, 0.15) is 11.1 Å². The Kier molecular flexibility index (Phi) is 41.0. The van der Waals surface area contributed by atoms with Crippen molar-refractivity contribution in [1.82, 2.24) is 0 Å². The number of aromatic hydroxyl groups is 2. The van der Waals surface area contributed by atoms with E-state index in [4.69, 9.17) is 45.1 Å². The number of hydrogen-bond donors (Lipinski definition) is 5. The largest absolute Gasteiger partial charge is 1.00 e. The van der Waals surface area contributed by atoms with E-state index in [-0.39, 0.29) is 131 Å². The number of phenolic OH excluding ortho intramolecular Hbond substituents is 1. The van der Waals surface area contributed by atoms with Crippen molar-refractivity contribution in [3.63, 3.8) is 0 Å². The number of benzene rings is 2. The molecule has 178 valence electrons. The second-order valence-electron chi connectivity index (χ2n) is 4.85. The molecule has 0 aliphatic rings. The van der Waals surface area contributed by atoms with Crippen LogP contribution in [0.3, 0.4) is 0 Å². The quantitative estimate of drug-likeness (QED) is 0.104. The van der Waals surface area contributed by atoms with Gasteiger partial charge in [-0.25, -0.2) is 0 Å². The van der Waals surface area contributed by atoms with E-state index in [9.17, 15) is 5.11 Å². The number of hydrogen-bond acceptors (Lipinski definition) is 9. The standard InChI is InChI=1S/C8H10BIO3P.C6H6BIOP.C2H5NO2.CH2O.2Na.H2O/c9-14-10-7-1-5(3-11)8(13)6(2-7)4-12;7-10-8-5-1-3-6(9)4-2-5;3-1-2(4)5;1-2;;;/h1-2,11-14H,3-4H2;1-4,9-10H;1,3H2,(H,4,5);1H2;;;1H2/q2*-1;;;2*+1;/p-2. The average Bonchev–Trinajstić information content (AvgIpc) is 2.79. The van der Waals surface area contributed by atoms with Crippen molar-refractivity contribution in [2.24, 2.45) is 5.73 Å². The molecule has 7 N–H and O–H groups in total. The SMILES string of the molecule is C=O.NCC(=O)[O-].[B]P[I-]c1cc(CO)c(O)c(CO)c1.[B]P[I-]c1ccc(O)cc1.[Na+].[Na+].[OH-]. The van der Waals surface area contributed by atoms with Crippen molar-refractivity contribution in [2.45, 2.75) is 13.2 Å². The van der Waals surface area contributed by atoms with Crippen LogP contribution >= 0.6 is 12.2 Å². The van der Waals surface area contributed by atoms with E-state index in [1.54, 1.807) is 24.3 Å². The van der Waals surface area contributed by atoms with Gasteiger partial charge in [-0.1, -0.05) is 0 Å². The molecule has 0 aliphatic carbocycles. The Bertz CT molecular complexity index is 750. The molecule has 2 atom stereocenters. The molecule has 2 rings (SSSR count). The van der Waals surface area contributed by atoms with Gasteiger partial charge in [0.15, 0.2) is 0 Å². The van der Waals surface area contributed by atoms with Crippen LogP contribution < -0.4 is 111 Å². The predicted molar refractivity (Wildman–Crippen MR) is 117 cm³/mol. The van der Waals surface area contributed by atoms with Crippen LogP contribution in [-0.4, -0.2) is 60.3 Å². The normalized spacial score (nSPS) is 9.26. The van der Waals surface area contributed by atoms with E-state index in [0.717, 1.165) is 3.57 Å². The topological polar surface area (TPSA) is 194 Å². The molecule has 34 heavy (non-hydrogen) atoms. The summed E-state index contributed by atoms with van der Waals surface area (Å²) in [7, 11) is 10.9. The van der Waals surface area contributed by atoms with Crippen molar-refractivity contribution in [1.29, 1.82) is 0 Å². The molecule has 2 unspecified atom stereocenters. The number of aliphatic hydroxyl groups excluding tert-OH is 2. The summed E-state index contributed by atoms with van der Waals surface area (Å²) < 4.78 is 2.33. The monoisotopic (exact) mass is 753 g/mol. The fourth-order valence-corrected chi connectivity index (χ4v) is 7.41. The van der Waals surface area contributed by atoms with Crippen molar-refractivity contribution in [3.05, 3.63) is 54.7 Å². The molecule has 0 saturated heterocycles. The molecular weight excluding hydrogens is 730 g/mol. The van der Waals surface area contributed by atoms with E-state index in [1.807, 2.05) is 18.9 Å². The van der Waals surface area contributed by atoms with Crippen LogP contribution in [0.15, 0.2) is 36.4 Å². The Balaban J connectivity index is -0.000000124. The number of carboxylic acids is 1. The van der Waals surface area contributed by atoms with Crippen molar-refractivity contribution >= 4 is 40.1 Å². The van der Waals surface area contributed by atoms with Gasteiger partial charge in [0.2, 0.25) is 0 Å². The fraction of sp³-hybridized carbons (Fsp3) is 0.176. The summed E-state index contributed by atoms with van der Waals surface area (Å²) in [4.78, 5) is 17.1. The van der Waals surface area contributed by atoms with Gasteiger partial charge in [-0.3, -0.25) is 0 Å². The van der Waals surface area contributed by atoms with Crippen LogP contribution in [0.2, 0.25) is 0 Å². The summed E-state index contributed by atoms with van der Waals surface area (Å²) in [6.07, 6.45) is 0.953. The molecular formula is C17H23B2I2NNa2O8P2-2. The Morgan fingerprint density at radius 1 is 0.941 bits per heavy atom. The Labute approximate surface area is 269 Å². The Morgan fingerprint density at radius 3 is 1.59 bits per heavy atom. The first kappa shape index (κ1) is 45.4.